The molecule has 0 aliphatic carbocycles. The van der Waals surface area contributed by atoms with E-state index < -0.39 is 6.10 Å². The van der Waals surface area contributed by atoms with Crippen LogP contribution in [0.1, 0.15) is 6.42 Å². The summed E-state index contributed by atoms with van der Waals surface area (Å²) >= 11 is 0. The van der Waals surface area contributed by atoms with Crippen LogP contribution in [0.15, 0.2) is 24.3 Å². The molecule has 0 saturated carbocycles. The number of nitrogens with two attached hydrogens (primary N) is 1. The highest BCUT2D eigenvalue weighted by molar-refractivity contribution is 6.03. The molecule has 0 radical (unpaired) electrons. The van der Waals surface area contributed by atoms with Gasteiger partial charge in [-0.3, -0.25) is 9.69 Å². The zero-order chi connectivity index (χ0) is 12.7. The fourth-order valence-electron chi connectivity index (χ4n) is 2.18. The minimum absolute atomic E-state index is 0.123. The number of β-amino-alcohol motifs (C(OH)–C–C–N with tert-alkyl or cyclic N) is 1. The van der Waals surface area contributed by atoms with E-state index in [-0.39, 0.29) is 24.8 Å². The second kappa shape index (κ2) is 3.92. The van der Waals surface area contributed by atoms with Crippen molar-refractivity contribution in [1.82, 2.24) is 9.97 Å². The largest absolute Gasteiger partial charge is 0.391 e. The number of hydrogen-bond acceptors (Lipinski definition) is 5. The van der Waals surface area contributed by atoms with E-state index in [0.717, 1.165) is 5.39 Å². The number of anilines is 2. The first-order valence-electron chi connectivity index (χ1n) is 5.66. The molecule has 6 heteroatoms. The van der Waals surface area contributed by atoms with Gasteiger partial charge in [-0.2, -0.15) is 4.98 Å². The summed E-state index contributed by atoms with van der Waals surface area (Å²) in [7, 11) is 0. The highest BCUT2D eigenvalue weighted by Gasteiger charge is 2.31. The van der Waals surface area contributed by atoms with Gasteiger partial charge >= 0.3 is 0 Å². The van der Waals surface area contributed by atoms with Crippen molar-refractivity contribution in [3.8, 4) is 0 Å². The number of aliphatic hydroxyl groups is 1. The first-order valence-corrected chi connectivity index (χ1v) is 5.66. The standard InChI is InChI=1S/C12H12N4O2/c13-12-14-9-4-2-1-3-8(9)11(15-12)16-6-7(17)5-10(16)18/h1-4,7,17H,5-6H2,(H2,13,14,15). The van der Waals surface area contributed by atoms with E-state index in [1.165, 1.54) is 4.90 Å². The number of fused-ring (bicyclic) bond motifs is 1. The van der Waals surface area contributed by atoms with Crippen molar-refractivity contribution in [1.29, 1.82) is 0 Å². The Hall–Kier alpha value is -2.21. The average Bonchev–Trinajstić information content (AvgIpc) is 2.67. The summed E-state index contributed by atoms with van der Waals surface area (Å²) in [5.41, 5.74) is 6.34. The van der Waals surface area contributed by atoms with E-state index in [2.05, 4.69) is 9.97 Å². The number of carbonyl (C=O) groups is 1. The molecule has 18 heavy (non-hydrogen) atoms. The number of nitrogens with zero attached hydrogens (tertiary/aromatic N) is 3. The summed E-state index contributed by atoms with van der Waals surface area (Å²) in [5.74, 6) is 0.447. The lowest BCUT2D eigenvalue weighted by Gasteiger charge is -2.16. The Kier molecular flexibility index (Phi) is 2.38. The SMILES string of the molecule is Nc1nc(N2CC(O)CC2=O)c2ccccc2n1. The van der Waals surface area contributed by atoms with Gasteiger partial charge in [-0.1, -0.05) is 12.1 Å². The van der Waals surface area contributed by atoms with Gasteiger partial charge in [-0.05, 0) is 12.1 Å². The van der Waals surface area contributed by atoms with Gasteiger partial charge in [0.05, 0.1) is 24.6 Å². The molecular weight excluding hydrogens is 232 g/mol. The zero-order valence-corrected chi connectivity index (χ0v) is 9.58. The van der Waals surface area contributed by atoms with Gasteiger partial charge in [0.15, 0.2) is 0 Å². The number of aliphatic hydroxyl groups excluding tert-OH is 1. The number of nitrogen functional groups attached to an aromatic ring is 1. The van der Waals surface area contributed by atoms with Crippen molar-refractivity contribution in [3.05, 3.63) is 24.3 Å². The second-order valence-corrected chi connectivity index (χ2v) is 4.28. The van der Waals surface area contributed by atoms with Crippen LogP contribution >= 0.6 is 0 Å². The van der Waals surface area contributed by atoms with Crippen LogP contribution in [-0.2, 0) is 4.79 Å². The Balaban J connectivity index is 2.19. The summed E-state index contributed by atoms with van der Waals surface area (Å²) in [4.78, 5) is 21.5. The predicted octanol–water partition coefficient (Wildman–Crippen LogP) is 0.310. The molecule has 1 unspecified atom stereocenters. The highest BCUT2D eigenvalue weighted by Crippen LogP contribution is 2.27. The van der Waals surface area contributed by atoms with Crippen molar-refractivity contribution in [2.24, 2.45) is 0 Å². The van der Waals surface area contributed by atoms with E-state index in [4.69, 9.17) is 5.73 Å². The van der Waals surface area contributed by atoms with E-state index in [9.17, 15) is 9.90 Å². The van der Waals surface area contributed by atoms with Crippen LogP contribution in [0.2, 0.25) is 0 Å². The number of aromatic nitrogens is 2. The molecule has 1 amide bonds. The van der Waals surface area contributed by atoms with E-state index >= 15 is 0 Å². The van der Waals surface area contributed by atoms with Gasteiger partial charge in [0, 0.05) is 5.39 Å². The van der Waals surface area contributed by atoms with Crippen molar-refractivity contribution in [2.75, 3.05) is 17.2 Å². The van der Waals surface area contributed by atoms with Gasteiger partial charge in [0.25, 0.3) is 0 Å². The number of amides is 1. The Labute approximate surface area is 103 Å². The molecule has 3 N–H and O–H groups in total. The van der Waals surface area contributed by atoms with E-state index in [0.29, 0.717) is 11.3 Å². The minimum atomic E-state index is -0.646. The molecule has 6 nitrogen and oxygen atoms in total. The van der Waals surface area contributed by atoms with Gasteiger partial charge in [0.1, 0.15) is 5.82 Å². The van der Waals surface area contributed by atoms with Crippen LogP contribution < -0.4 is 10.6 Å². The molecular formula is C12H12N4O2. The maximum absolute atomic E-state index is 11.8. The van der Waals surface area contributed by atoms with Crippen LogP contribution in [-0.4, -0.2) is 33.6 Å². The molecule has 1 aliphatic rings. The molecule has 1 aromatic heterocycles. The van der Waals surface area contributed by atoms with Crippen LogP contribution in [0.4, 0.5) is 11.8 Å². The molecule has 2 heterocycles. The molecule has 1 aromatic carbocycles. The van der Waals surface area contributed by atoms with Gasteiger partial charge in [-0.15, -0.1) is 0 Å². The first-order chi connectivity index (χ1) is 8.65. The summed E-state index contributed by atoms with van der Waals surface area (Å²) in [5, 5.41) is 10.3. The van der Waals surface area contributed by atoms with Crippen molar-refractivity contribution < 1.29 is 9.90 Å². The third kappa shape index (κ3) is 1.67. The maximum Gasteiger partial charge on any atom is 0.230 e. The van der Waals surface area contributed by atoms with E-state index in [1.54, 1.807) is 0 Å². The second-order valence-electron chi connectivity index (χ2n) is 4.28. The van der Waals surface area contributed by atoms with Gasteiger partial charge in [-0.25, -0.2) is 4.98 Å². The number of benzene rings is 1. The summed E-state index contributed by atoms with van der Waals surface area (Å²) in [6.07, 6.45) is -0.523. The van der Waals surface area contributed by atoms with Crippen LogP contribution in [0.3, 0.4) is 0 Å². The highest BCUT2D eigenvalue weighted by atomic mass is 16.3. The van der Waals surface area contributed by atoms with Gasteiger partial charge < -0.3 is 10.8 Å². The Morgan fingerprint density at radius 2 is 2.11 bits per heavy atom. The molecule has 3 rings (SSSR count). The number of hydrogen-bond donors (Lipinski definition) is 2. The monoisotopic (exact) mass is 244 g/mol. The maximum atomic E-state index is 11.8. The van der Waals surface area contributed by atoms with Crippen molar-refractivity contribution >= 4 is 28.6 Å². The molecule has 1 aliphatic heterocycles. The Morgan fingerprint density at radius 1 is 1.33 bits per heavy atom. The lowest BCUT2D eigenvalue weighted by Crippen LogP contribution is -2.27. The fourth-order valence-corrected chi connectivity index (χ4v) is 2.18. The van der Waals surface area contributed by atoms with E-state index in [1.807, 2.05) is 24.3 Å². The molecule has 0 spiro atoms. The third-order valence-corrected chi connectivity index (χ3v) is 2.96. The summed E-state index contributed by atoms with van der Waals surface area (Å²) in [6.45, 7) is 0.249. The average molecular weight is 244 g/mol. The van der Waals surface area contributed by atoms with Crippen LogP contribution in [0.5, 0.6) is 0 Å². The molecule has 92 valence electrons. The lowest BCUT2D eigenvalue weighted by molar-refractivity contribution is -0.117. The quantitative estimate of drug-likeness (QED) is 0.753. The molecule has 1 fully saturated rings. The molecule has 2 aromatic rings. The van der Waals surface area contributed by atoms with Crippen molar-refractivity contribution in [3.63, 3.8) is 0 Å². The summed E-state index contributed by atoms with van der Waals surface area (Å²) in [6, 6.07) is 7.34. The lowest BCUT2D eigenvalue weighted by atomic mass is 10.2. The molecule has 0 bridgehead atoms. The fraction of sp³-hybridized carbons (Fsp3) is 0.250. The smallest absolute Gasteiger partial charge is 0.230 e. The predicted molar refractivity (Wildman–Crippen MR) is 66.9 cm³/mol. The number of rotatable bonds is 1. The summed E-state index contributed by atoms with van der Waals surface area (Å²) < 4.78 is 0. The van der Waals surface area contributed by atoms with Gasteiger partial charge in [0.2, 0.25) is 11.9 Å². The first kappa shape index (κ1) is 10.9. The van der Waals surface area contributed by atoms with Crippen LogP contribution in [0, 0.1) is 0 Å². The number of para-hydroxylation sites is 1. The van der Waals surface area contributed by atoms with Crippen LogP contribution in [0.25, 0.3) is 10.9 Å². The Bertz CT molecular complexity index is 629. The normalized spacial score (nSPS) is 19.7. The minimum Gasteiger partial charge on any atom is -0.391 e. The third-order valence-electron chi connectivity index (χ3n) is 2.96. The zero-order valence-electron chi connectivity index (χ0n) is 9.58. The Morgan fingerprint density at radius 3 is 2.83 bits per heavy atom. The number of carbonyl (C=O) groups excluding carboxylic acids is 1. The topological polar surface area (TPSA) is 92.3 Å². The molecule has 1 saturated heterocycles. The molecule has 1 atom stereocenters. The van der Waals surface area contributed by atoms with Crippen molar-refractivity contribution in [2.45, 2.75) is 12.5 Å².